The van der Waals surface area contributed by atoms with E-state index in [1.54, 1.807) is 19.1 Å². The van der Waals surface area contributed by atoms with E-state index >= 15 is 0 Å². The predicted molar refractivity (Wildman–Crippen MR) is 68.1 cm³/mol. The van der Waals surface area contributed by atoms with Gasteiger partial charge in [-0.1, -0.05) is 17.7 Å². The lowest BCUT2D eigenvalue weighted by Crippen LogP contribution is -2.53. The van der Waals surface area contributed by atoms with Crippen molar-refractivity contribution in [2.45, 2.75) is 11.8 Å². The quantitative estimate of drug-likeness (QED) is 0.796. The molecule has 2 amide bonds. The van der Waals surface area contributed by atoms with Crippen LogP contribution in [0.5, 0.6) is 0 Å². The highest BCUT2D eigenvalue weighted by Gasteiger charge is 2.33. The number of hydrogen-bond donors (Lipinski definition) is 1. The molecule has 6 nitrogen and oxygen atoms in total. The van der Waals surface area contributed by atoms with Crippen molar-refractivity contribution in [2.24, 2.45) is 0 Å². The van der Waals surface area contributed by atoms with Crippen LogP contribution >= 0.6 is 11.6 Å². The van der Waals surface area contributed by atoms with Crippen LogP contribution in [-0.4, -0.2) is 37.6 Å². The molecule has 102 valence electrons. The molecule has 1 aromatic rings. The van der Waals surface area contributed by atoms with Crippen molar-refractivity contribution >= 4 is 33.4 Å². The fraction of sp³-hybridized carbons (Fsp3) is 0.273. The van der Waals surface area contributed by atoms with Gasteiger partial charge in [0.15, 0.2) is 0 Å². The van der Waals surface area contributed by atoms with Crippen molar-refractivity contribution in [3.05, 3.63) is 28.8 Å². The summed E-state index contributed by atoms with van der Waals surface area (Å²) < 4.78 is 25.6. The van der Waals surface area contributed by atoms with Gasteiger partial charge in [-0.3, -0.25) is 14.9 Å². The maximum atomic E-state index is 12.4. The second-order valence-corrected chi connectivity index (χ2v) is 6.50. The summed E-state index contributed by atoms with van der Waals surface area (Å²) in [4.78, 5) is 22.5. The number of nitrogens with one attached hydrogen (secondary N) is 1. The Kier molecular flexibility index (Phi) is 3.62. The molecular formula is C11H11ClN2O4S. The van der Waals surface area contributed by atoms with E-state index in [0.29, 0.717) is 5.56 Å². The Morgan fingerprint density at radius 3 is 2.37 bits per heavy atom. The zero-order valence-corrected chi connectivity index (χ0v) is 11.6. The molecule has 19 heavy (non-hydrogen) atoms. The number of aryl methyl sites for hydroxylation is 1. The number of rotatable bonds is 2. The van der Waals surface area contributed by atoms with Crippen molar-refractivity contribution < 1.29 is 18.0 Å². The third kappa shape index (κ3) is 2.78. The van der Waals surface area contributed by atoms with Crippen molar-refractivity contribution in [1.82, 2.24) is 9.62 Å². The Bertz CT molecular complexity index is 641. The lowest BCUT2D eigenvalue weighted by molar-refractivity contribution is -0.134. The summed E-state index contributed by atoms with van der Waals surface area (Å²) in [6.07, 6.45) is 0. The molecule has 0 unspecified atom stereocenters. The van der Waals surface area contributed by atoms with Crippen LogP contribution in [0.4, 0.5) is 0 Å². The largest absolute Gasteiger partial charge is 0.294 e. The van der Waals surface area contributed by atoms with Gasteiger partial charge in [0.2, 0.25) is 21.8 Å². The molecule has 0 aliphatic carbocycles. The molecule has 0 spiro atoms. The third-order valence-corrected chi connectivity index (χ3v) is 4.86. The zero-order chi connectivity index (χ0) is 14.2. The fourth-order valence-electron chi connectivity index (χ4n) is 1.77. The summed E-state index contributed by atoms with van der Waals surface area (Å²) in [5.41, 5.74) is 0.503. The minimum atomic E-state index is -3.91. The number of halogens is 1. The van der Waals surface area contributed by atoms with Gasteiger partial charge in [0.05, 0.1) is 18.0 Å². The molecule has 1 saturated heterocycles. The maximum Gasteiger partial charge on any atom is 0.244 e. The number of imide groups is 1. The van der Waals surface area contributed by atoms with E-state index in [4.69, 9.17) is 11.6 Å². The average molecular weight is 303 g/mol. The fourth-order valence-corrected chi connectivity index (χ4v) is 3.61. The van der Waals surface area contributed by atoms with Gasteiger partial charge in [0, 0.05) is 5.02 Å². The van der Waals surface area contributed by atoms with E-state index < -0.39 is 21.8 Å². The second-order valence-electron chi connectivity index (χ2n) is 4.15. The molecular weight excluding hydrogens is 292 g/mol. The second kappa shape index (κ2) is 4.92. The normalized spacial score (nSPS) is 17.4. The molecule has 2 rings (SSSR count). The molecule has 1 aliphatic heterocycles. The number of carbonyl (C=O) groups is 2. The molecule has 0 aromatic heterocycles. The van der Waals surface area contributed by atoms with Gasteiger partial charge in [-0.2, -0.15) is 4.31 Å². The number of sulfonamides is 1. The van der Waals surface area contributed by atoms with Gasteiger partial charge in [0.1, 0.15) is 0 Å². The molecule has 0 bridgehead atoms. The van der Waals surface area contributed by atoms with Crippen LogP contribution in [0.25, 0.3) is 0 Å². The summed E-state index contributed by atoms with van der Waals surface area (Å²) in [6, 6.07) is 4.45. The SMILES string of the molecule is Cc1ccc(Cl)cc1S(=O)(=O)N1CC(=O)NC(=O)C1. The van der Waals surface area contributed by atoms with Crippen LogP contribution in [0.15, 0.2) is 23.1 Å². The van der Waals surface area contributed by atoms with E-state index in [1.807, 2.05) is 5.32 Å². The minimum Gasteiger partial charge on any atom is -0.294 e. The first kappa shape index (κ1) is 14.0. The Balaban J connectivity index is 2.44. The molecule has 1 aliphatic rings. The van der Waals surface area contributed by atoms with Gasteiger partial charge in [-0.25, -0.2) is 8.42 Å². The predicted octanol–water partition coefficient (Wildman–Crippen LogP) is 0.296. The third-order valence-electron chi connectivity index (χ3n) is 2.69. The standard InChI is InChI=1S/C11H11ClN2O4S/c1-7-2-3-8(12)4-9(7)19(17,18)14-5-10(15)13-11(16)6-14/h2-4H,5-6H2,1H3,(H,13,15,16). The smallest absolute Gasteiger partial charge is 0.244 e. The molecule has 0 atom stereocenters. The van der Waals surface area contributed by atoms with E-state index in [9.17, 15) is 18.0 Å². The van der Waals surface area contributed by atoms with Gasteiger partial charge >= 0.3 is 0 Å². The van der Waals surface area contributed by atoms with Crippen LogP contribution in [0.1, 0.15) is 5.56 Å². The number of hydrogen-bond acceptors (Lipinski definition) is 4. The number of amides is 2. The molecule has 1 heterocycles. The number of piperazine rings is 1. The van der Waals surface area contributed by atoms with Crippen LogP contribution in [0, 0.1) is 6.92 Å². The van der Waals surface area contributed by atoms with Crippen LogP contribution < -0.4 is 5.32 Å². The van der Waals surface area contributed by atoms with Crippen LogP contribution in [0.2, 0.25) is 5.02 Å². The number of benzene rings is 1. The van der Waals surface area contributed by atoms with E-state index in [1.165, 1.54) is 6.07 Å². The highest BCUT2D eigenvalue weighted by atomic mass is 35.5. The summed E-state index contributed by atoms with van der Waals surface area (Å²) in [6.45, 7) is 0.870. The van der Waals surface area contributed by atoms with Crippen LogP contribution in [-0.2, 0) is 19.6 Å². The lowest BCUT2D eigenvalue weighted by atomic mass is 10.2. The summed E-state index contributed by atoms with van der Waals surface area (Å²) in [5.74, 6) is -1.28. The summed E-state index contributed by atoms with van der Waals surface area (Å²) >= 11 is 5.79. The molecule has 1 aromatic carbocycles. The first-order valence-corrected chi connectivity index (χ1v) is 7.21. The van der Waals surface area contributed by atoms with Gasteiger partial charge in [-0.05, 0) is 24.6 Å². The van der Waals surface area contributed by atoms with Crippen molar-refractivity contribution in [2.75, 3.05) is 13.1 Å². The maximum absolute atomic E-state index is 12.4. The summed E-state index contributed by atoms with van der Waals surface area (Å²) in [5, 5.41) is 2.32. The molecule has 1 N–H and O–H groups in total. The van der Waals surface area contributed by atoms with E-state index in [0.717, 1.165) is 4.31 Å². The molecule has 0 saturated carbocycles. The Morgan fingerprint density at radius 2 is 1.79 bits per heavy atom. The monoisotopic (exact) mass is 302 g/mol. The van der Waals surface area contributed by atoms with E-state index in [2.05, 4.69) is 0 Å². The van der Waals surface area contributed by atoms with Crippen molar-refractivity contribution in [3.63, 3.8) is 0 Å². The number of carbonyl (C=O) groups excluding carboxylic acids is 2. The van der Waals surface area contributed by atoms with E-state index in [-0.39, 0.29) is 23.0 Å². The van der Waals surface area contributed by atoms with Crippen molar-refractivity contribution in [1.29, 1.82) is 0 Å². The minimum absolute atomic E-state index is 0.00231. The summed E-state index contributed by atoms with van der Waals surface area (Å²) in [7, 11) is -3.91. The average Bonchev–Trinajstić information content (AvgIpc) is 2.31. The highest BCUT2D eigenvalue weighted by Crippen LogP contribution is 2.23. The first-order valence-electron chi connectivity index (χ1n) is 5.39. The van der Waals surface area contributed by atoms with Gasteiger partial charge in [-0.15, -0.1) is 0 Å². The van der Waals surface area contributed by atoms with Crippen LogP contribution in [0.3, 0.4) is 0 Å². The Labute approximate surface area is 115 Å². The Hall–Kier alpha value is -1.44. The topological polar surface area (TPSA) is 83.6 Å². The number of nitrogens with zero attached hydrogens (tertiary/aromatic N) is 1. The lowest BCUT2D eigenvalue weighted by Gasteiger charge is -2.25. The highest BCUT2D eigenvalue weighted by molar-refractivity contribution is 7.89. The molecule has 0 radical (unpaired) electrons. The Morgan fingerprint density at radius 1 is 1.21 bits per heavy atom. The molecule has 8 heteroatoms. The van der Waals surface area contributed by atoms with Gasteiger partial charge < -0.3 is 0 Å². The molecule has 1 fully saturated rings. The first-order chi connectivity index (χ1) is 8.80. The zero-order valence-electron chi connectivity index (χ0n) is 10.0. The van der Waals surface area contributed by atoms with Gasteiger partial charge in [0.25, 0.3) is 0 Å². The van der Waals surface area contributed by atoms with Crippen molar-refractivity contribution in [3.8, 4) is 0 Å².